The summed E-state index contributed by atoms with van der Waals surface area (Å²) < 4.78 is 6.14. The second-order valence-electron chi connectivity index (χ2n) is 5.54. The zero-order valence-electron chi connectivity index (χ0n) is 11.9. The molecule has 0 spiro atoms. The Morgan fingerprint density at radius 3 is 2.65 bits per heavy atom. The summed E-state index contributed by atoms with van der Waals surface area (Å²) in [6, 6.07) is 4.52. The molecule has 0 aliphatic carbocycles. The summed E-state index contributed by atoms with van der Waals surface area (Å²) in [5.74, 6) is 0.447. The lowest BCUT2D eigenvalue weighted by atomic mass is 10.1. The minimum atomic E-state index is -0.451. The molecule has 0 aliphatic rings. The number of nitro groups is 1. The van der Waals surface area contributed by atoms with E-state index in [2.05, 4.69) is 48.6 Å². The van der Waals surface area contributed by atoms with E-state index in [4.69, 9.17) is 4.74 Å². The molecule has 1 aromatic rings. The second-order valence-corrected chi connectivity index (χ2v) is 6.46. The third-order valence-electron chi connectivity index (χ3n) is 2.38. The van der Waals surface area contributed by atoms with Gasteiger partial charge in [-0.2, -0.15) is 0 Å². The van der Waals surface area contributed by atoms with Crippen molar-refractivity contribution < 1.29 is 9.66 Å². The Morgan fingerprint density at radius 1 is 1.45 bits per heavy atom. The van der Waals surface area contributed by atoms with E-state index >= 15 is 0 Å². The molecular formula is C14H19BrN2O3. The van der Waals surface area contributed by atoms with Crippen LogP contribution in [-0.2, 0) is 0 Å². The average molecular weight is 343 g/mol. The van der Waals surface area contributed by atoms with Gasteiger partial charge in [-0.25, -0.2) is 0 Å². The Bertz CT molecular complexity index is 510. The van der Waals surface area contributed by atoms with Gasteiger partial charge in [-0.15, -0.1) is 0 Å². The molecule has 1 aromatic carbocycles. The van der Waals surface area contributed by atoms with Crippen molar-refractivity contribution >= 4 is 21.6 Å². The molecule has 110 valence electrons. The Labute approximate surface area is 127 Å². The normalized spacial score (nSPS) is 11.2. The number of ether oxygens (including phenoxy) is 1. The molecule has 0 unspecified atom stereocenters. The van der Waals surface area contributed by atoms with Gasteiger partial charge in [0.25, 0.3) is 5.69 Å². The van der Waals surface area contributed by atoms with Crippen LogP contribution in [0.5, 0.6) is 5.75 Å². The molecule has 0 fully saturated rings. The average Bonchev–Trinajstić information content (AvgIpc) is 2.32. The summed E-state index contributed by atoms with van der Waals surface area (Å²) in [7, 11) is 0. The van der Waals surface area contributed by atoms with Gasteiger partial charge in [-0.3, -0.25) is 10.1 Å². The van der Waals surface area contributed by atoms with E-state index in [0.29, 0.717) is 23.4 Å². The molecule has 0 amide bonds. The van der Waals surface area contributed by atoms with Crippen LogP contribution in [0.4, 0.5) is 5.69 Å². The number of hydrogen-bond donors (Lipinski definition) is 1. The highest BCUT2D eigenvalue weighted by Crippen LogP contribution is 2.26. The van der Waals surface area contributed by atoms with Crippen molar-refractivity contribution in [2.75, 3.05) is 13.2 Å². The van der Waals surface area contributed by atoms with Crippen molar-refractivity contribution in [3.63, 3.8) is 0 Å². The smallest absolute Gasteiger partial charge is 0.274 e. The van der Waals surface area contributed by atoms with E-state index in [1.165, 1.54) is 12.1 Å². The molecule has 0 bridgehead atoms. The van der Waals surface area contributed by atoms with Crippen LogP contribution in [0, 0.1) is 10.1 Å². The zero-order chi connectivity index (χ0) is 15.3. The Kier molecular flexibility index (Phi) is 5.71. The van der Waals surface area contributed by atoms with Crippen molar-refractivity contribution in [1.82, 2.24) is 5.32 Å². The van der Waals surface area contributed by atoms with Gasteiger partial charge in [-0.05, 0) is 32.4 Å². The Balaban J connectivity index is 2.57. The first-order valence-corrected chi connectivity index (χ1v) is 6.96. The van der Waals surface area contributed by atoms with Crippen LogP contribution in [0.15, 0.2) is 34.8 Å². The number of nitro benzene ring substituents is 1. The number of nitrogens with one attached hydrogen (secondary N) is 1. The fourth-order valence-electron chi connectivity index (χ4n) is 1.36. The highest BCUT2D eigenvalue weighted by atomic mass is 79.9. The van der Waals surface area contributed by atoms with E-state index in [1.807, 2.05) is 0 Å². The Hall–Kier alpha value is -1.40. The number of hydrogen-bond acceptors (Lipinski definition) is 4. The van der Waals surface area contributed by atoms with Gasteiger partial charge < -0.3 is 10.1 Å². The van der Waals surface area contributed by atoms with E-state index in [-0.39, 0.29) is 11.2 Å². The van der Waals surface area contributed by atoms with Gasteiger partial charge in [0.1, 0.15) is 12.4 Å². The molecular weight excluding hydrogens is 324 g/mol. The van der Waals surface area contributed by atoms with Crippen LogP contribution >= 0.6 is 15.9 Å². The lowest BCUT2D eigenvalue weighted by molar-refractivity contribution is -0.385. The zero-order valence-corrected chi connectivity index (χ0v) is 13.5. The van der Waals surface area contributed by atoms with Crippen molar-refractivity contribution in [1.29, 1.82) is 0 Å². The monoisotopic (exact) mass is 342 g/mol. The molecule has 1 rings (SSSR count). The SMILES string of the molecule is C=C(CNC(C)(C)C)COc1cc(Br)cc([N+](=O)[O-])c1. The molecule has 20 heavy (non-hydrogen) atoms. The van der Waals surface area contributed by atoms with Crippen molar-refractivity contribution in [2.45, 2.75) is 26.3 Å². The topological polar surface area (TPSA) is 64.4 Å². The molecule has 0 saturated carbocycles. The fourth-order valence-corrected chi connectivity index (χ4v) is 1.82. The molecule has 1 N–H and O–H groups in total. The summed E-state index contributed by atoms with van der Waals surface area (Å²) in [6.45, 7) is 11.1. The minimum absolute atomic E-state index is 0.00666. The number of nitrogens with zero attached hydrogens (tertiary/aromatic N) is 1. The van der Waals surface area contributed by atoms with Crippen LogP contribution in [0.3, 0.4) is 0 Å². The van der Waals surface area contributed by atoms with Gasteiger partial charge in [0.15, 0.2) is 0 Å². The van der Waals surface area contributed by atoms with Crippen LogP contribution in [0.1, 0.15) is 20.8 Å². The van der Waals surface area contributed by atoms with Crippen LogP contribution in [0.25, 0.3) is 0 Å². The quantitative estimate of drug-likeness (QED) is 0.486. The molecule has 0 radical (unpaired) electrons. The Morgan fingerprint density at radius 2 is 2.10 bits per heavy atom. The van der Waals surface area contributed by atoms with Crippen LogP contribution in [0.2, 0.25) is 0 Å². The molecule has 5 nitrogen and oxygen atoms in total. The van der Waals surface area contributed by atoms with Crippen molar-refractivity contribution in [3.05, 3.63) is 44.9 Å². The molecule has 0 heterocycles. The number of halogens is 1. The lowest BCUT2D eigenvalue weighted by Gasteiger charge is -2.21. The summed E-state index contributed by atoms with van der Waals surface area (Å²) in [6.07, 6.45) is 0. The maximum atomic E-state index is 10.8. The number of benzene rings is 1. The maximum Gasteiger partial charge on any atom is 0.274 e. The van der Waals surface area contributed by atoms with Gasteiger partial charge >= 0.3 is 0 Å². The fraction of sp³-hybridized carbons (Fsp3) is 0.429. The standard InChI is InChI=1S/C14H19BrN2O3/c1-10(8-16-14(2,3)4)9-20-13-6-11(15)5-12(7-13)17(18)19/h5-7,16H,1,8-9H2,2-4H3. The van der Waals surface area contributed by atoms with Crippen molar-refractivity contribution in [3.8, 4) is 5.75 Å². The third-order valence-corrected chi connectivity index (χ3v) is 2.84. The predicted octanol–water partition coefficient (Wildman–Crippen LogP) is 3.68. The van der Waals surface area contributed by atoms with Crippen molar-refractivity contribution in [2.24, 2.45) is 0 Å². The predicted molar refractivity (Wildman–Crippen MR) is 83.2 cm³/mol. The number of non-ortho nitro benzene ring substituents is 1. The van der Waals surface area contributed by atoms with E-state index in [1.54, 1.807) is 6.07 Å². The van der Waals surface area contributed by atoms with E-state index in [9.17, 15) is 10.1 Å². The summed E-state index contributed by atoms with van der Waals surface area (Å²) in [5.41, 5.74) is 0.882. The molecule has 0 saturated heterocycles. The molecule has 0 aliphatic heterocycles. The minimum Gasteiger partial charge on any atom is -0.489 e. The van der Waals surface area contributed by atoms with Crippen LogP contribution in [-0.4, -0.2) is 23.6 Å². The van der Waals surface area contributed by atoms with Gasteiger partial charge in [-0.1, -0.05) is 22.5 Å². The first-order valence-electron chi connectivity index (χ1n) is 6.17. The van der Waals surface area contributed by atoms with Crippen LogP contribution < -0.4 is 10.1 Å². The second kappa shape index (κ2) is 6.85. The largest absolute Gasteiger partial charge is 0.489 e. The highest BCUT2D eigenvalue weighted by molar-refractivity contribution is 9.10. The highest BCUT2D eigenvalue weighted by Gasteiger charge is 2.11. The lowest BCUT2D eigenvalue weighted by Crippen LogP contribution is -2.37. The van der Waals surface area contributed by atoms with Gasteiger partial charge in [0.05, 0.1) is 11.0 Å². The third kappa shape index (κ3) is 6.16. The van der Waals surface area contributed by atoms with Gasteiger partial charge in [0, 0.05) is 22.6 Å². The van der Waals surface area contributed by atoms with E-state index < -0.39 is 4.92 Å². The molecule has 0 aromatic heterocycles. The summed E-state index contributed by atoms with van der Waals surface area (Å²) in [5, 5.41) is 14.1. The molecule has 6 heteroatoms. The summed E-state index contributed by atoms with van der Waals surface area (Å²) >= 11 is 3.23. The first-order chi connectivity index (χ1) is 9.17. The van der Waals surface area contributed by atoms with Gasteiger partial charge in [0.2, 0.25) is 0 Å². The number of rotatable bonds is 6. The first kappa shape index (κ1) is 16.7. The van der Waals surface area contributed by atoms with E-state index in [0.717, 1.165) is 5.57 Å². The summed E-state index contributed by atoms with van der Waals surface area (Å²) in [4.78, 5) is 10.3. The molecule has 0 atom stereocenters. The maximum absolute atomic E-state index is 10.8.